The highest BCUT2D eigenvalue weighted by atomic mass is 79.9. The van der Waals surface area contributed by atoms with Crippen LogP contribution in [0.2, 0.25) is 0 Å². The molecule has 0 fully saturated rings. The number of hydrogen-bond acceptors (Lipinski definition) is 4. The highest BCUT2D eigenvalue weighted by molar-refractivity contribution is 9.10. The number of rotatable bonds is 7. The molecule has 2 aromatic carbocycles. The van der Waals surface area contributed by atoms with E-state index in [0.717, 1.165) is 15.1 Å². The summed E-state index contributed by atoms with van der Waals surface area (Å²) in [6.45, 7) is 0.244. The highest BCUT2D eigenvalue weighted by Gasteiger charge is 2.10. The van der Waals surface area contributed by atoms with Crippen LogP contribution in [0.4, 0.5) is 0 Å². The molecular formula is C17H16BrNO3S. The van der Waals surface area contributed by atoms with Crippen LogP contribution in [0.25, 0.3) is 0 Å². The number of carbonyl (C=O) groups is 2. The second kappa shape index (κ2) is 9.37. The molecule has 0 spiro atoms. The molecule has 2 rings (SSSR count). The third-order valence-corrected chi connectivity index (χ3v) is 4.34. The lowest BCUT2D eigenvalue weighted by atomic mass is 10.2. The average molecular weight is 394 g/mol. The fourth-order valence-corrected chi connectivity index (χ4v) is 2.95. The van der Waals surface area contributed by atoms with Crippen LogP contribution in [0.3, 0.4) is 0 Å². The quantitative estimate of drug-likeness (QED) is 0.444. The van der Waals surface area contributed by atoms with Crippen molar-refractivity contribution in [3.8, 4) is 0 Å². The molecule has 2 aromatic rings. The fourth-order valence-electron chi connectivity index (χ4n) is 1.76. The van der Waals surface area contributed by atoms with E-state index < -0.39 is 5.97 Å². The number of esters is 1. The maximum absolute atomic E-state index is 11.8. The Morgan fingerprint density at radius 3 is 2.61 bits per heavy atom. The van der Waals surface area contributed by atoms with Crippen molar-refractivity contribution in [3.63, 3.8) is 0 Å². The summed E-state index contributed by atoms with van der Waals surface area (Å²) in [6.07, 6.45) is 0. The van der Waals surface area contributed by atoms with Gasteiger partial charge in [-0.3, -0.25) is 4.79 Å². The molecule has 0 aliphatic rings. The van der Waals surface area contributed by atoms with E-state index in [9.17, 15) is 9.59 Å². The SMILES string of the molecule is O=C(COC(=O)c1cccc(Br)c1)NCCSc1ccccc1. The predicted octanol–water partition coefficient (Wildman–Crippen LogP) is 3.51. The Hall–Kier alpha value is -1.79. The van der Waals surface area contributed by atoms with E-state index in [0.29, 0.717) is 12.1 Å². The van der Waals surface area contributed by atoms with E-state index in [1.807, 2.05) is 36.4 Å². The van der Waals surface area contributed by atoms with Gasteiger partial charge in [-0.25, -0.2) is 4.79 Å². The van der Waals surface area contributed by atoms with Gasteiger partial charge < -0.3 is 10.1 Å². The van der Waals surface area contributed by atoms with Crippen LogP contribution in [0.1, 0.15) is 10.4 Å². The second-order valence-electron chi connectivity index (χ2n) is 4.60. The third kappa shape index (κ3) is 6.46. The number of amides is 1. The summed E-state index contributed by atoms with van der Waals surface area (Å²) in [6, 6.07) is 16.8. The number of thioether (sulfide) groups is 1. The van der Waals surface area contributed by atoms with Gasteiger partial charge in [0.05, 0.1) is 5.56 Å². The van der Waals surface area contributed by atoms with Crippen molar-refractivity contribution in [2.45, 2.75) is 4.90 Å². The molecule has 6 heteroatoms. The van der Waals surface area contributed by atoms with Gasteiger partial charge in [-0.1, -0.05) is 40.2 Å². The zero-order valence-corrected chi connectivity index (χ0v) is 14.7. The van der Waals surface area contributed by atoms with Crippen molar-refractivity contribution in [1.29, 1.82) is 0 Å². The molecule has 4 nitrogen and oxygen atoms in total. The zero-order valence-electron chi connectivity index (χ0n) is 12.3. The Morgan fingerprint density at radius 2 is 1.87 bits per heavy atom. The standard InChI is InChI=1S/C17H16BrNO3S/c18-14-6-4-5-13(11-14)17(21)22-12-16(20)19-9-10-23-15-7-2-1-3-8-15/h1-8,11H,9-10,12H2,(H,19,20). The van der Waals surface area contributed by atoms with Gasteiger partial charge in [0.2, 0.25) is 0 Å². The van der Waals surface area contributed by atoms with Crippen LogP contribution in [0.15, 0.2) is 64.0 Å². The Labute approximate surface area is 147 Å². The predicted molar refractivity (Wildman–Crippen MR) is 94.6 cm³/mol. The van der Waals surface area contributed by atoms with Crippen molar-refractivity contribution in [2.75, 3.05) is 18.9 Å². The van der Waals surface area contributed by atoms with Crippen LogP contribution in [-0.2, 0) is 9.53 Å². The monoisotopic (exact) mass is 393 g/mol. The van der Waals surface area contributed by atoms with E-state index in [-0.39, 0.29) is 12.5 Å². The summed E-state index contributed by atoms with van der Waals surface area (Å²) in [5.74, 6) is -0.0582. The van der Waals surface area contributed by atoms with Crippen molar-refractivity contribution >= 4 is 39.6 Å². The number of halogens is 1. The number of nitrogens with one attached hydrogen (secondary N) is 1. The van der Waals surface area contributed by atoms with Crippen LogP contribution in [0.5, 0.6) is 0 Å². The van der Waals surface area contributed by atoms with E-state index in [1.54, 1.807) is 30.0 Å². The summed E-state index contributed by atoms with van der Waals surface area (Å²) < 4.78 is 5.77. The Bertz CT molecular complexity index is 664. The van der Waals surface area contributed by atoms with Gasteiger partial charge in [0.15, 0.2) is 6.61 Å². The van der Waals surface area contributed by atoms with Crippen LogP contribution in [0, 0.1) is 0 Å². The minimum atomic E-state index is -0.514. The summed E-state index contributed by atoms with van der Waals surface area (Å²) in [5, 5.41) is 2.72. The lowest BCUT2D eigenvalue weighted by Gasteiger charge is -2.07. The van der Waals surface area contributed by atoms with Gasteiger partial charge in [-0.05, 0) is 30.3 Å². The minimum Gasteiger partial charge on any atom is -0.452 e. The Balaban J connectivity index is 1.64. The molecule has 0 saturated carbocycles. The van der Waals surface area contributed by atoms with E-state index in [2.05, 4.69) is 21.2 Å². The molecule has 0 radical (unpaired) electrons. The lowest BCUT2D eigenvalue weighted by Crippen LogP contribution is -2.30. The van der Waals surface area contributed by atoms with Gasteiger partial charge in [0.25, 0.3) is 5.91 Å². The number of hydrogen-bond donors (Lipinski definition) is 1. The first-order valence-corrected chi connectivity index (χ1v) is 8.80. The van der Waals surface area contributed by atoms with Gasteiger partial charge >= 0.3 is 5.97 Å². The molecule has 120 valence electrons. The summed E-state index contributed by atoms with van der Waals surface area (Å²) in [4.78, 5) is 24.6. The first-order chi connectivity index (χ1) is 11.1. The molecule has 23 heavy (non-hydrogen) atoms. The van der Waals surface area contributed by atoms with Crippen LogP contribution >= 0.6 is 27.7 Å². The summed E-state index contributed by atoms with van der Waals surface area (Å²) in [7, 11) is 0. The summed E-state index contributed by atoms with van der Waals surface area (Å²) in [5.41, 5.74) is 0.409. The molecular weight excluding hydrogens is 378 g/mol. The second-order valence-corrected chi connectivity index (χ2v) is 6.68. The summed E-state index contributed by atoms with van der Waals surface area (Å²) >= 11 is 4.94. The molecule has 0 aromatic heterocycles. The van der Waals surface area contributed by atoms with Crippen LogP contribution in [-0.4, -0.2) is 30.8 Å². The van der Waals surface area contributed by atoms with Crippen molar-refractivity contribution in [1.82, 2.24) is 5.32 Å². The van der Waals surface area contributed by atoms with Gasteiger partial charge in [-0.2, -0.15) is 0 Å². The molecule has 0 atom stereocenters. The third-order valence-electron chi connectivity index (χ3n) is 2.83. The molecule has 1 N–H and O–H groups in total. The Morgan fingerprint density at radius 1 is 1.09 bits per heavy atom. The zero-order chi connectivity index (χ0) is 16.5. The van der Waals surface area contributed by atoms with Gasteiger partial charge in [0, 0.05) is 21.7 Å². The first kappa shape index (κ1) is 17.6. The molecule has 0 aliphatic carbocycles. The van der Waals surface area contributed by atoms with Gasteiger partial charge in [-0.15, -0.1) is 11.8 Å². The molecule has 1 amide bonds. The number of benzene rings is 2. The Kier molecular flexibility index (Phi) is 7.16. The molecule has 0 aliphatic heterocycles. The number of ether oxygens (including phenoxy) is 1. The topological polar surface area (TPSA) is 55.4 Å². The van der Waals surface area contributed by atoms with Crippen molar-refractivity contribution < 1.29 is 14.3 Å². The smallest absolute Gasteiger partial charge is 0.338 e. The van der Waals surface area contributed by atoms with E-state index in [4.69, 9.17) is 4.74 Å². The molecule has 0 saturated heterocycles. The van der Waals surface area contributed by atoms with Crippen molar-refractivity contribution in [2.24, 2.45) is 0 Å². The number of carbonyl (C=O) groups excluding carboxylic acids is 2. The average Bonchev–Trinajstić information content (AvgIpc) is 2.57. The highest BCUT2D eigenvalue weighted by Crippen LogP contribution is 2.15. The molecule has 0 bridgehead atoms. The normalized spacial score (nSPS) is 10.1. The lowest BCUT2D eigenvalue weighted by molar-refractivity contribution is -0.124. The molecule has 0 heterocycles. The maximum atomic E-state index is 11.8. The van der Waals surface area contributed by atoms with Crippen molar-refractivity contribution in [3.05, 3.63) is 64.6 Å². The molecule has 0 unspecified atom stereocenters. The fraction of sp³-hybridized carbons (Fsp3) is 0.176. The first-order valence-electron chi connectivity index (χ1n) is 7.02. The largest absolute Gasteiger partial charge is 0.452 e. The maximum Gasteiger partial charge on any atom is 0.338 e. The van der Waals surface area contributed by atoms with Gasteiger partial charge in [0.1, 0.15) is 0 Å². The minimum absolute atomic E-state index is 0.276. The van der Waals surface area contributed by atoms with E-state index >= 15 is 0 Å². The van der Waals surface area contributed by atoms with E-state index in [1.165, 1.54) is 0 Å². The van der Waals surface area contributed by atoms with Crippen LogP contribution < -0.4 is 5.32 Å².